The Morgan fingerprint density at radius 1 is 1.00 bits per heavy atom. The van der Waals surface area contributed by atoms with E-state index in [1.165, 1.54) is 31.2 Å². The van der Waals surface area contributed by atoms with Gasteiger partial charge in [-0.1, -0.05) is 31.0 Å². The van der Waals surface area contributed by atoms with E-state index in [-0.39, 0.29) is 24.0 Å². The van der Waals surface area contributed by atoms with Crippen molar-refractivity contribution in [3.8, 4) is 5.75 Å². The lowest BCUT2D eigenvalue weighted by atomic mass is 10.1. The molecule has 3 rings (SSSR count). The van der Waals surface area contributed by atoms with E-state index in [1.807, 2.05) is 18.3 Å². The maximum atomic E-state index is 5.20. The van der Waals surface area contributed by atoms with Crippen molar-refractivity contribution in [3.05, 3.63) is 53.7 Å². The minimum absolute atomic E-state index is 0. The number of aromatic nitrogens is 1. The van der Waals surface area contributed by atoms with Gasteiger partial charge in [0.05, 0.1) is 7.11 Å². The van der Waals surface area contributed by atoms with Crippen LogP contribution in [0.25, 0.3) is 0 Å². The number of halogens is 1. The summed E-state index contributed by atoms with van der Waals surface area (Å²) in [5.74, 6) is 2.78. The number of aliphatic imine (C=N–C) groups is 1. The van der Waals surface area contributed by atoms with Crippen LogP contribution in [-0.4, -0.2) is 44.7 Å². The molecule has 1 saturated heterocycles. The van der Waals surface area contributed by atoms with Gasteiger partial charge in [-0.25, -0.2) is 4.98 Å². The fourth-order valence-corrected chi connectivity index (χ4v) is 3.53. The Hall–Kier alpha value is -2.03. The lowest BCUT2D eigenvalue weighted by molar-refractivity contribution is 0.414. The van der Waals surface area contributed by atoms with Crippen LogP contribution in [0.15, 0.2) is 47.6 Å². The highest BCUT2D eigenvalue weighted by atomic mass is 127. The van der Waals surface area contributed by atoms with Crippen LogP contribution in [-0.2, 0) is 13.0 Å². The van der Waals surface area contributed by atoms with Crippen molar-refractivity contribution in [2.45, 2.75) is 38.6 Å². The smallest absolute Gasteiger partial charge is 0.191 e. The lowest BCUT2D eigenvalue weighted by Crippen LogP contribution is -2.37. The Morgan fingerprint density at radius 3 is 2.30 bits per heavy atom. The van der Waals surface area contributed by atoms with Crippen LogP contribution in [0.5, 0.6) is 5.75 Å². The average Bonchev–Trinajstić information content (AvgIpc) is 3.06. The van der Waals surface area contributed by atoms with Gasteiger partial charge in [0.1, 0.15) is 11.6 Å². The highest BCUT2D eigenvalue weighted by Gasteiger charge is 2.10. The minimum Gasteiger partial charge on any atom is -0.497 e. The molecule has 164 valence electrons. The second kappa shape index (κ2) is 13.3. The van der Waals surface area contributed by atoms with Crippen LogP contribution < -0.4 is 20.3 Å². The summed E-state index contributed by atoms with van der Waals surface area (Å²) in [5.41, 5.74) is 2.42. The van der Waals surface area contributed by atoms with Gasteiger partial charge in [0.2, 0.25) is 0 Å². The molecule has 0 aliphatic carbocycles. The molecule has 0 atom stereocenters. The topological polar surface area (TPSA) is 61.8 Å². The van der Waals surface area contributed by atoms with Gasteiger partial charge in [0, 0.05) is 39.4 Å². The van der Waals surface area contributed by atoms with Crippen molar-refractivity contribution in [1.82, 2.24) is 15.6 Å². The molecule has 1 aromatic heterocycles. The molecule has 0 radical (unpaired) electrons. The molecule has 1 aliphatic heterocycles. The van der Waals surface area contributed by atoms with Crippen molar-refractivity contribution in [2.75, 3.05) is 38.7 Å². The molecule has 6 nitrogen and oxygen atoms in total. The Labute approximate surface area is 197 Å². The summed E-state index contributed by atoms with van der Waals surface area (Å²) in [5, 5.41) is 6.73. The molecule has 0 amide bonds. The van der Waals surface area contributed by atoms with Gasteiger partial charge >= 0.3 is 0 Å². The highest BCUT2D eigenvalue weighted by molar-refractivity contribution is 14.0. The Morgan fingerprint density at radius 2 is 1.70 bits per heavy atom. The van der Waals surface area contributed by atoms with E-state index in [1.54, 1.807) is 14.2 Å². The Bertz CT molecular complexity index is 756. The summed E-state index contributed by atoms with van der Waals surface area (Å²) in [6.07, 6.45) is 8.11. The Kier molecular flexibility index (Phi) is 10.8. The van der Waals surface area contributed by atoms with Crippen LogP contribution in [0.1, 0.15) is 36.8 Å². The summed E-state index contributed by atoms with van der Waals surface area (Å²) in [7, 11) is 3.48. The molecule has 1 fully saturated rings. The minimum atomic E-state index is 0. The molecular weight excluding hydrogens is 489 g/mol. The maximum Gasteiger partial charge on any atom is 0.191 e. The molecule has 7 heteroatoms. The van der Waals surface area contributed by atoms with Gasteiger partial charge in [0.25, 0.3) is 0 Å². The summed E-state index contributed by atoms with van der Waals surface area (Å²) in [6, 6.07) is 12.5. The van der Waals surface area contributed by atoms with Crippen LogP contribution in [0.4, 0.5) is 5.82 Å². The summed E-state index contributed by atoms with van der Waals surface area (Å²) >= 11 is 0. The first-order chi connectivity index (χ1) is 14.3. The second-order valence-electron chi connectivity index (χ2n) is 7.38. The van der Waals surface area contributed by atoms with E-state index in [9.17, 15) is 0 Å². The lowest BCUT2D eigenvalue weighted by Gasteiger charge is -2.21. The molecule has 1 aliphatic rings. The normalized spacial score (nSPS) is 14.5. The summed E-state index contributed by atoms with van der Waals surface area (Å²) < 4.78 is 5.20. The number of ether oxygens (including phenoxy) is 1. The first kappa shape index (κ1) is 24.2. The number of benzene rings is 1. The second-order valence-corrected chi connectivity index (χ2v) is 7.38. The number of pyridine rings is 1. The van der Waals surface area contributed by atoms with Crippen molar-refractivity contribution >= 4 is 35.8 Å². The number of guanidine groups is 1. The maximum absolute atomic E-state index is 5.20. The first-order valence-corrected chi connectivity index (χ1v) is 10.6. The number of hydrogen-bond acceptors (Lipinski definition) is 4. The average molecular weight is 523 g/mol. The third-order valence-electron chi connectivity index (χ3n) is 5.29. The number of methoxy groups -OCH3 is 1. The van der Waals surface area contributed by atoms with E-state index in [2.05, 4.69) is 49.8 Å². The van der Waals surface area contributed by atoms with E-state index in [4.69, 9.17) is 4.74 Å². The fraction of sp³-hybridized carbons (Fsp3) is 0.478. The molecular formula is C23H34IN5O. The zero-order valence-corrected chi connectivity index (χ0v) is 20.4. The van der Waals surface area contributed by atoms with Gasteiger partial charge in [-0.05, 0) is 48.6 Å². The molecule has 0 unspecified atom stereocenters. The molecule has 1 aromatic carbocycles. The standard InChI is InChI=1S/C23H33N5O.HI/c1-24-23(25-14-13-19-7-10-21(29-2)11-8-19)27-18-20-9-12-22(26-17-20)28-15-5-3-4-6-16-28;/h7-12,17H,3-6,13-16,18H2,1-2H3,(H2,24,25,27);1H. The molecule has 0 spiro atoms. The summed E-state index contributed by atoms with van der Waals surface area (Å²) in [6.45, 7) is 3.76. The molecule has 30 heavy (non-hydrogen) atoms. The first-order valence-electron chi connectivity index (χ1n) is 10.6. The third-order valence-corrected chi connectivity index (χ3v) is 5.29. The molecule has 2 N–H and O–H groups in total. The number of nitrogens with one attached hydrogen (secondary N) is 2. The van der Waals surface area contributed by atoms with Crippen LogP contribution in [0.2, 0.25) is 0 Å². The van der Waals surface area contributed by atoms with Gasteiger partial charge in [0.15, 0.2) is 5.96 Å². The van der Waals surface area contributed by atoms with Crippen LogP contribution in [0, 0.1) is 0 Å². The van der Waals surface area contributed by atoms with E-state index >= 15 is 0 Å². The van der Waals surface area contributed by atoms with Crippen LogP contribution in [0.3, 0.4) is 0 Å². The fourth-order valence-electron chi connectivity index (χ4n) is 3.53. The number of rotatable bonds is 7. The number of anilines is 1. The SMILES string of the molecule is CN=C(NCCc1ccc(OC)cc1)NCc1ccc(N2CCCCCC2)nc1.I. The van der Waals surface area contributed by atoms with Gasteiger partial charge in [-0.3, -0.25) is 4.99 Å². The Balaban J connectivity index is 0.00000320. The van der Waals surface area contributed by atoms with E-state index < -0.39 is 0 Å². The summed E-state index contributed by atoms with van der Waals surface area (Å²) in [4.78, 5) is 11.4. The van der Waals surface area contributed by atoms with Crippen molar-refractivity contribution in [3.63, 3.8) is 0 Å². The largest absolute Gasteiger partial charge is 0.497 e. The number of hydrogen-bond donors (Lipinski definition) is 2. The molecule has 2 aromatic rings. The van der Waals surface area contributed by atoms with Crippen molar-refractivity contribution < 1.29 is 4.74 Å². The highest BCUT2D eigenvalue weighted by Crippen LogP contribution is 2.17. The van der Waals surface area contributed by atoms with Crippen molar-refractivity contribution in [1.29, 1.82) is 0 Å². The van der Waals surface area contributed by atoms with E-state index in [0.717, 1.165) is 49.1 Å². The number of nitrogens with zero attached hydrogens (tertiary/aromatic N) is 3. The zero-order chi connectivity index (χ0) is 20.3. The van der Waals surface area contributed by atoms with Crippen molar-refractivity contribution in [2.24, 2.45) is 4.99 Å². The van der Waals surface area contributed by atoms with Gasteiger partial charge < -0.3 is 20.3 Å². The van der Waals surface area contributed by atoms with Gasteiger partial charge in [-0.15, -0.1) is 24.0 Å². The molecule has 0 bridgehead atoms. The zero-order valence-electron chi connectivity index (χ0n) is 18.1. The van der Waals surface area contributed by atoms with Crippen LogP contribution >= 0.6 is 24.0 Å². The molecule has 2 heterocycles. The quantitative estimate of drug-likeness (QED) is 0.327. The predicted octanol–water partition coefficient (Wildman–Crippen LogP) is 4.00. The third kappa shape index (κ3) is 7.66. The molecule has 0 saturated carbocycles. The van der Waals surface area contributed by atoms with E-state index in [0.29, 0.717) is 6.54 Å². The monoisotopic (exact) mass is 523 g/mol. The van der Waals surface area contributed by atoms with Gasteiger partial charge in [-0.2, -0.15) is 0 Å². The predicted molar refractivity (Wildman–Crippen MR) is 135 cm³/mol.